The summed E-state index contributed by atoms with van der Waals surface area (Å²) in [5.74, 6) is 2.13. The topological polar surface area (TPSA) is 61.0 Å². The third-order valence-corrected chi connectivity index (χ3v) is 4.02. The molecule has 0 radical (unpaired) electrons. The van der Waals surface area contributed by atoms with Gasteiger partial charge in [0.15, 0.2) is 0 Å². The van der Waals surface area contributed by atoms with Gasteiger partial charge in [-0.1, -0.05) is 0 Å². The van der Waals surface area contributed by atoms with E-state index in [4.69, 9.17) is 0 Å². The summed E-state index contributed by atoms with van der Waals surface area (Å²) in [6, 6.07) is 5.24. The SMILES string of the molecule is O=[N+]([O-])c1ccc2ncn(C3CSC3)c2c1. The van der Waals surface area contributed by atoms with Gasteiger partial charge in [0.05, 0.1) is 28.3 Å². The predicted octanol–water partition coefficient (Wildman–Crippen LogP) is 2.23. The molecular formula is C10H9N3O2S. The highest BCUT2D eigenvalue weighted by Crippen LogP contribution is 2.32. The number of hydrogen-bond acceptors (Lipinski definition) is 4. The van der Waals surface area contributed by atoms with Crippen molar-refractivity contribution < 1.29 is 4.92 Å². The summed E-state index contributed by atoms with van der Waals surface area (Å²) in [5.41, 5.74) is 1.81. The van der Waals surface area contributed by atoms with Crippen molar-refractivity contribution in [2.24, 2.45) is 0 Å². The molecule has 0 bridgehead atoms. The lowest BCUT2D eigenvalue weighted by Crippen LogP contribution is -2.21. The second kappa shape index (κ2) is 3.48. The Morgan fingerprint density at radius 1 is 1.50 bits per heavy atom. The monoisotopic (exact) mass is 235 g/mol. The highest BCUT2D eigenvalue weighted by atomic mass is 32.2. The number of aromatic nitrogens is 2. The van der Waals surface area contributed by atoms with Crippen LogP contribution in [0.2, 0.25) is 0 Å². The first-order valence-corrected chi connectivity index (χ1v) is 6.10. The Hall–Kier alpha value is -1.56. The zero-order chi connectivity index (χ0) is 11.1. The molecule has 0 aliphatic carbocycles. The van der Waals surface area contributed by atoms with Crippen LogP contribution >= 0.6 is 11.8 Å². The Labute approximate surface area is 95.6 Å². The fourth-order valence-corrected chi connectivity index (χ4v) is 2.57. The molecule has 16 heavy (non-hydrogen) atoms. The van der Waals surface area contributed by atoms with Crippen LogP contribution in [0.15, 0.2) is 24.5 Å². The summed E-state index contributed by atoms with van der Waals surface area (Å²) in [4.78, 5) is 14.6. The maximum absolute atomic E-state index is 10.7. The molecule has 0 spiro atoms. The second-order valence-electron chi connectivity index (χ2n) is 3.77. The molecule has 5 nitrogen and oxygen atoms in total. The summed E-state index contributed by atoms with van der Waals surface area (Å²) in [6.45, 7) is 0. The van der Waals surface area contributed by atoms with Gasteiger partial charge in [-0.05, 0) is 6.07 Å². The number of rotatable bonds is 2. The summed E-state index contributed by atoms with van der Waals surface area (Å²) < 4.78 is 2.04. The molecule has 6 heteroatoms. The second-order valence-corrected chi connectivity index (χ2v) is 4.85. The maximum Gasteiger partial charge on any atom is 0.271 e. The number of thioether (sulfide) groups is 1. The van der Waals surface area contributed by atoms with Crippen molar-refractivity contribution in [2.75, 3.05) is 11.5 Å². The lowest BCUT2D eigenvalue weighted by Gasteiger charge is -2.26. The van der Waals surface area contributed by atoms with Gasteiger partial charge in [0.2, 0.25) is 0 Å². The van der Waals surface area contributed by atoms with E-state index in [1.165, 1.54) is 6.07 Å². The molecule has 0 N–H and O–H groups in total. The molecule has 0 saturated carbocycles. The van der Waals surface area contributed by atoms with Crippen LogP contribution in [-0.2, 0) is 0 Å². The Balaban J connectivity index is 2.15. The van der Waals surface area contributed by atoms with Crippen LogP contribution in [0.3, 0.4) is 0 Å². The maximum atomic E-state index is 10.7. The average Bonchev–Trinajstić information content (AvgIpc) is 2.59. The van der Waals surface area contributed by atoms with E-state index in [0.29, 0.717) is 6.04 Å². The van der Waals surface area contributed by atoms with Crippen LogP contribution in [-0.4, -0.2) is 26.0 Å². The Morgan fingerprint density at radius 3 is 2.94 bits per heavy atom. The van der Waals surface area contributed by atoms with Crippen LogP contribution in [0.5, 0.6) is 0 Å². The number of imidazole rings is 1. The van der Waals surface area contributed by atoms with E-state index < -0.39 is 0 Å². The molecule has 1 aliphatic heterocycles. The van der Waals surface area contributed by atoms with E-state index in [-0.39, 0.29) is 10.6 Å². The smallest absolute Gasteiger partial charge is 0.271 e. The Morgan fingerprint density at radius 2 is 2.31 bits per heavy atom. The summed E-state index contributed by atoms with van der Waals surface area (Å²) >= 11 is 1.88. The van der Waals surface area contributed by atoms with Gasteiger partial charge in [-0.25, -0.2) is 4.98 Å². The van der Waals surface area contributed by atoms with E-state index >= 15 is 0 Å². The van der Waals surface area contributed by atoms with Gasteiger partial charge in [-0.15, -0.1) is 0 Å². The molecule has 1 aliphatic rings. The molecule has 1 fully saturated rings. The van der Waals surface area contributed by atoms with Gasteiger partial charge in [0.1, 0.15) is 0 Å². The molecule has 3 rings (SSSR count). The number of hydrogen-bond donors (Lipinski definition) is 0. The van der Waals surface area contributed by atoms with E-state index in [1.54, 1.807) is 18.5 Å². The van der Waals surface area contributed by atoms with E-state index in [1.807, 2.05) is 16.3 Å². The quantitative estimate of drug-likeness (QED) is 0.591. The van der Waals surface area contributed by atoms with Crippen molar-refractivity contribution in [3.63, 3.8) is 0 Å². The molecular weight excluding hydrogens is 226 g/mol. The highest BCUT2D eigenvalue weighted by Gasteiger charge is 2.22. The van der Waals surface area contributed by atoms with E-state index in [2.05, 4.69) is 4.98 Å². The van der Waals surface area contributed by atoms with Crippen molar-refractivity contribution >= 4 is 28.5 Å². The van der Waals surface area contributed by atoms with Crippen LogP contribution in [0, 0.1) is 10.1 Å². The predicted molar refractivity (Wildman–Crippen MR) is 62.7 cm³/mol. The molecule has 1 aromatic heterocycles. The van der Waals surface area contributed by atoms with Gasteiger partial charge in [0, 0.05) is 23.6 Å². The lowest BCUT2D eigenvalue weighted by molar-refractivity contribution is -0.384. The zero-order valence-electron chi connectivity index (χ0n) is 8.37. The number of nitrogens with zero attached hydrogens (tertiary/aromatic N) is 3. The van der Waals surface area contributed by atoms with E-state index in [9.17, 15) is 10.1 Å². The number of nitro benzene ring substituents is 1. The van der Waals surface area contributed by atoms with Gasteiger partial charge in [-0.2, -0.15) is 11.8 Å². The summed E-state index contributed by atoms with van der Waals surface area (Å²) in [7, 11) is 0. The minimum atomic E-state index is -0.369. The van der Waals surface area contributed by atoms with Crippen molar-refractivity contribution in [2.45, 2.75) is 6.04 Å². The number of non-ortho nitro benzene ring substituents is 1. The molecule has 1 saturated heterocycles. The summed E-state index contributed by atoms with van der Waals surface area (Å²) in [5, 5.41) is 10.7. The molecule has 82 valence electrons. The van der Waals surface area contributed by atoms with Gasteiger partial charge < -0.3 is 4.57 Å². The molecule has 1 aromatic carbocycles. The number of nitro groups is 1. The highest BCUT2D eigenvalue weighted by molar-refractivity contribution is 8.00. The fourth-order valence-electron chi connectivity index (χ4n) is 1.80. The zero-order valence-corrected chi connectivity index (χ0v) is 9.18. The normalized spacial score (nSPS) is 16.2. The standard InChI is InChI=1S/C10H9N3O2S/c14-13(15)7-1-2-9-10(3-7)12(6-11-9)8-4-16-5-8/h1-3,6,8H,4-5H2. The van der Waals surface area contributed by atoms with Gasteiger partial charge in [-0.3, -0.25) is 10.1 Å². The van der Waals surface area contributed by atoms with Crippen LogP contribution in [0.25, 0.3) is 11.0 Å². The third-order valence-electron chi connectivity index (χ3n) is 2.78. The lowest BCUT2D eigenvalue weighted by atomic mass is 10.2. The molecule has 2 aromatic rings. The largest absolute Gasteiger partial charge is 0.326 e. The van der Waals surface area contributed by atoms with Crippen LogP contribution in [0.4, 0.5) is 5.69 Å². The third kappa shape index (κ3) is 1.37. The molecule has 0 amide bonds. The minimum Gasteiger partial charge on any atom is -0.326 e. The Bertz CT molecular complexity index is 562. The van der Waals surface area contributed by atoms with E-state index in [0.717, 1.165) is 22.5 Å². The number of benzene rings is 1. The first-order valence-electron chi connectivity index (χ1n) is 4.94. The number of fused-ring (bicyclic) bond motifs is 1. The van der Waals surface area contributed by atoms with Gasteiger partial charge >= 0.3 is 0 Å². The van der Waals surface area contributed by atoms with Gasteiger partial charge in [0.25, 0.3) is 5.69 Å². The fraction of sp³-hybridized carbons (Fsp3) is 0.300. The summed E-state index contributed by atoms with van der Waals surface area (Å²) in [6.07, 6.45) is 1.78. The van der Waals surface area contributed by atoms with Crippen molar-refractivity contribution in [1.29, 1.82) is 0 Å². The Kier molecular flexibility index (Phi) is 2.10. The minimum absolute atomic E-state index is 0.126. The van der Waals surface area contributed by atoms with Crippen LogP contribution in [0.1, 0.15) is 6.04 Å². The first kappa shape index (κ1) is 9.65. The van der Waals surface area contributed by atoms with Crippen LogP contribution < -0.4 is 0 Å². The van der Waals surface area contributed by atoms with Crippen molar-refractivity contribution in [3.8, 4) is 0 Å². The van der Waals surface area contributed by atoms with Crippen molar-refractivity contribution in [1.82, 2.24) is 9.55 Å². The molecule has 2 heterocycles. The average molecular weight is 235 g/mol. The molecule has 0 atom stereocenters. The first-order chi connectivity index (χ1) is 7.75. The van der Waals surface area contributed by atoms with Crippen molar-refractivity contribution in [3.05, 3.63) is 34.6 Å². The molecule has 0 unspecified atom stereocenters.